The van der Waals surface area contributed by atoms with Crippen LogP contribution in [0.5, 0.6) is 0 Å². The van der Waals surface area contributed by atoms with Crippen molar-refractivity contribution in [3.63, 3.8) is 0 Å². The van der Waals surface area contributed by atoms with E-state index in [2.05, 4.69) is 22.0 Å². The van der Waals surface area contributed by atoms with Crippen molar-refractivity contribution in [1.29, 1.82) is 0 Å². The van der Waals surface area contributed by atoms with Gasteiger partial charge in [0.05, 0.1) is 10.9 Å². The van der Waals surface area contributed by atoms with Crippen LogP contribution in [0.3, 0.4) is 0 Å². The average Bonchev–Trinajstić information content (AvgIpc) is 3.31. The fourth-order valence-corrected chi connectivity index (χ4v) is 3.46. The number of halogens is 2. The lowest BCUT2D eigenvalue weighted by Crippen LogP contribution is -2.51. The molecule has 26 heavy (non-hydrogen) atoms. The number of hydrogen-bond acceptors (Lipinski definition) is 7. The van der Waals surface area contributed by atoms with Crippen molar-refractivity contribution in [3.8, 4) is 10.7 Å². The predicted molar refractivity (Wildman–Crippen MR) is 107 cm³/mol. The van der Waals surface area contributed by atoms with Gasteiger partial charge in [-0.05, 0) is 18.4 Å². The van der Waals surface area contributed by atoms with Crippen molar-refractivity contribution in [2.75, 3.05) is 32.7 Å². The Balaban J connectivity index is 0.00000169. The summed E-state index contributed by atoms with van der Waals surface area (Å²) < 4.78 is 5.44. The van der Waals surface area contributed by atoms with Gasteiger partial charge in [-0.3, -0.25) is 9.69 Å². The fraction of sp³-hybridized carbons (Fsp3) is 0.562. The van der Waals surface area contributed by atoms with E-state index >= 15 is 0 Å². The third-order valence-electron chi connectivity index (χ3n) is 4.49. The van der Waals surface area contributed by atoms with E-state index in [1.165, 1.54) is 0 Å². The highest BCUT2D eigenvalue weighted by atomic mass is 35.5. The minimum absolute atomic E-state index is 0. The van der Waals surface area contributed by atoms with E-state index in [1.54, 1.807) is 11.3 Å². The number of carbonyl (C=O) groups is 1. The molecule has 0 saturated carbocycles. The van der Waals surface area contributed by atoms with Crippen LogP contribution in [-0.4, -0.2) is 58.6 Å². The Morgan fingerprint density at radius 1 is 1.31 bits per heavy atom. The molecule has 1 aliphatic heterocycles. The summed E-state index contributed by atoms with van der Waals surface area (Å²) in [6, 6.07) is 3.99. The van der Waals surface area contributed by atoms with Crippen LogP contribution in [0.4, 0.5) is 0 Å². The Morgan fingerprint density at radius 2 is 2.00 bits per heavy atom. The second kappa shape index (κ2) is 10.2. The maximum atomic E-state index is 12.2. The predicted octanol–water partition coefficient (Wildman–Crippen LogP) is 2.44. The topological polar surface area (TPSA) is 88.5 Å². The van der Waals surface area contributed by atoms with Crippen LogP contribution in [0.25, 0.3) is 10.7 Å². The molecule has 7 nitrogen and oxygen atoms in total. The first-order chi connectivity index (χ1) is 11.6. The average molecular weight is 422 g/mol. The van der Waals surface area contributed by atoms with Crippen LogP contribution in [0, 0.1) is 5.92 Å². The fourth-order valence-electron chi connectivity index (χ4n) is 2.81. The number of rotatable bonds is 5. The molecule has 0 aliphatic carbocycles. The Labute approximate surface area is 169 Å². The summed E-state index contributed by atoms with van der Waals surface area (Å²) in [7, 11) is 0. The number of aromatic nitrogens is 2. The highest BCUT2D eigenvalue weighted by Crippen LogP contribution is 2.26. The van der Waals surface area contributed by atoms with Gasteiger partial charge < -0.3 is 15.2 Å². The smallest absolute Gasteiger partial charge is 0.244 e. The normalized spacial score (nSPS) is 17.1. The molecule has 0 radical (unpaired) electrons. The molecule has 2 aromatic heterocycles. The lowest BCUT2D eigenvalue weighted by Gasteiger charge is -2.37. The van der Waals surface area contributed by atoms with Gasteiger partial charge in [0.15, 0.2) is 0 Å². The zero-order valence-electron chi connectivity index (χ0n) is 14.8. The quantitative estimate of drug-likeness (QED) is 0.797. The number of carbonyl (C=O) groups excluding carboxylic acids is 1. The van der Waals surface area contributed by atoms with Gasteiger partial charge in [0.2, 0.25) is 17.6 Å². The number of amides is 1. The first-order valence-electron chi connectivity index (χ1n) is 8.20. The standard InChI is InChI=1S/C16H23N5O2S.2ClH/c1-11(10-17)16(22)21-7-5-20(6-8-21)12(2)15-18-14(19-23-15)13-4-3-9-24-13;;/h3-4,9,11-12H,5-8,10,17H2,1-2H3;2*1H. The molecule has 2 atom stereocenters. The van der Waals surface area contributed by atoms with Crippen LogP contribution in [0.1, 0.15) is 25.8 Å². The van der Waals surface area contributed by atoms with Crippen molar-refractivity contribution in [1.82, 2.24) is 19.9 Å². The van der Waals surface area contributed by atoms with E-state index in [0.29, 0.717) is 31.3 Å². The van der Waals surface area contributed by atoms with Gasteiger partial charge in [0.1, 0.15) is 0 Å². The molecule has 1 fully saturated rings. The number of thiophene rings is 1. The first-order valence-corrected chi connectivity index (χ1v) is 9.08. The maximum absolute atomic E-state index is 12.2. The van der Waals surface area contributed by atoms with Crippen LogP contribution in [-0.2, 0) is 4.79 Å². The zero-order valence-corrected chi connectivity index (χ0v) is 17.3. The molecule has 10 heteroatoms. The summed E-state index contributed by atoms with van der Waals surface area (Å²) in [6.07, 6.45) is 0. The highest BCUT2D eigenvalue weighted by molar-refractivity contribution is 7.13. The lowest BCUT2D eigenvalue weighted by atomic mass is 10.1. The third-order valence-corrected chi connectivity index (χ3v) is 5.36. The molecule has 2 aromatic rings. The molecule has 2 unspecified atom stereocenters. The van der Waals surface area contributed by atoms with Gasteiger partial charge in [0, 0.05) is 38.6 Å². The van der Waals surface area contributed by atoms with E-state index in [4.69, 9.17) is 10.3 Å². The second-order valence-corrected chi connectivity index (χ2v) is 7.06. The Morgan fingerprint density at radius 3 is 2.58 bits per heavy atom. The molecule has 0 bridgehead atoms. The van der Waals surface area contributed by atoms with E-state index in [0.717, 1.165) is 18.0 Å². The van der Waals surface area contributed by atoms with Crippen molar-refractivity contribution < 1.29 is 9.32 Å². The van der Waals surface area contributed by atoms with E-state index in [-0.39, 0.29) is 42.7 Å². The van der Waals surface area contributed by atoms with Crippen LogP contribution in [0.15, 0.2) is 22.0 Å². The monoisotopic (exact) mass is 421 g/mol. The maximum Gasteiger partial charge on any atom is 0.244 e. The minimum atomic E-state index is -0.113. The van der Waals surface area contributed by atoms with E-state index < -0.39 is 0 Å². The molecule has 0 spiro atoms. The molecule has 146 valence electrons. The highest BCUT2D eigenvalue weighted by Gasteiger charge is 2.29. The third kappa shape index (κ3) is 4.95. The summed E-state index contributed by atoms with van der Waals surface area (Å²) in [4.78, 5) is 21.9. The number of nitrogens with zero attached hydrogens (tertiary/aromatic N) is 4. The number of hydrogen-bond donors (Lipinski definition) is 1. The van der Waals surface area contributed by atoms with Gasteiger partial charge >= 0.3 is 0 Å². The van der Waals surface area contributed by atoms with Crippen LogP contribution < -0.4 is 5.73 Å². The van der Waals surface area contributed by atoms with Gasteiger partial charge in [-0.2, -0.15) is 4.98 Å². The molecule has 0 aromatic carbocycles. The van der Waals surface area contributed by atoms with Crippen LogP contribution >= 0.6 is 36.2 Å². The van der Waals surface area contributed by atoms with Gasteiger partial charge in [-0.1, -0.05) is 18.1 Å². The summed E-state index contributed by atoms with van der Waals surface area (Å²) in [5.74, 6) is 1.28. The molecular weight excluding hydrogens is 397 g/mol. The van der Waals surface area contributed by atoms with E-state index in [9.17, 15) is 4.79 Å². The van der Waals surface area contributed by atoms with Gasteiger partial charge in [0.25, 0.3) is 0 Å². The Hall–Kier alpha value is -1.19. The summed E-state index contributed by atoms with van der Waals surface area (Å²) in [5.41, 5.74) is 5.59. The molecular formula is C16H25Cl2N5O2S. The lowest BCUT2D eigenvalue weighted by molar-refractivity contribution is -0.136. The van der Waals surface area contributed by atoms with Crippen LogP contribution in [0.2, 0.25) is 0 Å². The number of nitrogens with two attached hydrogens (primary N) is 1. The molecule has 3 rings (SSSR count). The van der Waals surface area contributed by atoms with Gasteiger partial charge in [-0.15, -0.1) is 36.2 Å². The largest absolute Gasteiger partial charge is 0.340 e. The zero-order chi connectivity index (χ0) is 17.1. The first kappa shape index (κ1) is 22.9. The second-order valence-electron chi connectivity index (χ2n) is 6.11. The van der Waals surface area contributed by atoms with Gasteiger partial charge in [-0.25, -0.2) is 0 Å². The molecule has 1 amide bonds. The minimum Gasteiger partial charge on any atom is -0.340 e. The van der Waals surface area contributed by atoms with Crippen molar-refractivity contribution in [2.24, 2.45) is 11.7 Å². The molecule has 1 aliphatic rings. The van der Waals surface area contributed by atoms with Crippen molar-refractivity contribution >= 4 is 42.1 Å². The molecule has 2 N–H and O–H groups in total. The SMILES string of the molecule is CC(CN)C(=O)N1CCN(C(C)c2nc(-c3cccs3)no2)CC1.Cl.Cl. The number of piperazine rings is 1. The summed E-state index contributed by atoms with van der Waals surface area (Å²) in [6.45, 7) is 7.33. The molecule has 3 heterocycles. The Kier molecular flexibility index (Phi) is 8.99. The summed E-state index contributed by atoms with van der Waals surface area (Å²) in [5, 5.41) is 6.06. The Bertz CT molecular complexity index is 674. The van der Waals surface area contributed by atoms with Crippen molar-refractivity contribution in [3.05, 3.63) is 23.4 Å². The summed E-state index contributed by atoms with van der Waals surface area (Å²) >= 11 is 1.59. The van der Waals surface area contributed by atoms with Crippen molar-refractivity contribution in [2.45, 2.75) is 19.9 Å². The molecule has 1 saturated heterocycles. The van der Waals surface area contributed by atoms with E-state index in [1.807, 2.05) is 29.3 Å².